The Hall–Kier alpha value is -3.16. The third-order valence-corrected chi connectivity index (χ3v) is 8.00. The maximum absolute atomic E-state index is 14.3. The zero-order valence-corrected chi connectivity index (χ0v) is 22.2. The zero-order valence-electron chi connectivity index (χ0n) is 20.6. The summed E-state index contributed by atoms with van der Waals surface area (Å²) in [4.78, 5) is 32.3. The van der Waals surface area contributed by atoms with Gasteiger partial charge in [-0.3, -0.25) is 19.1 Å². The summed E-state index contributed by atoms with van der Waals surface area (Å²) >= 11 is 6.70. The maximum Gasteiger partial charge on any atom is 0.270 e. The first-order valence-corrected chi connectivity index (χ1v) is 13.1. The van der Waals surface area contributed by atoms with E-state index in [-0.39, 0.29) is 22.8 Å². The van der Waals surface area contributed by atoms with Crippen molar-refractivity contribution in [2.75, 3.05) is 42.5 Å². The number of pyridine rings is 1. The number of aromatic nitrogens is 1. The quantitative estimate of drug-likeness (QED) is 0.417. The van der Waals surface area contributed by atoms with Gasteiger partial charge in [0.25, 0.3) is 11.5 Å². The maximum atomic E-state index is 14.3. The van der Waals surface area contributed by atoms with Crippen LogP contribution in [-0.2, 0) is 11.8 Å². The monoisotopic (exact) mass is 525 g/mol. The molecule has 36 heavy (non-hydrogen) atoms. The molecule has 0 atom stereocenters. The number of para-hydroxylation sites is 1. The molecule has 10 heteroatoms. The molecule has 0 spiro atoms. The number of hydrogen-bond acceptors (Lipinski definition) is 7. The van der Waals surface area contributed by atoms with Gasteiger partial charge in [-0.1, -0.05) is 49.5 Å². The van der Waals surface area contributed by atoms with E-state index in [9.17, 15) is 19.2 Å². The van der Waals surface area contributed by atoms with Crippen LogP contribution in [0.4, 0.5) is 15.9 Å². The van der Waals surface area contributed by atoms with Crippen LogP contribution in [0.3, 0.4) is 0 Å². The van der Waals surface area contributed by atoms with Gasteiger partial charge in [0.15, 0.2) is 0 Å². The number of halogens is 1. The van der Waals surface area contributed by atoms with E-state index in [1.165, 1.54) is 22.4 Å². The molecule has 7 nitrogen and oxygen atoms in total. The fourth-order valence-electron chi connectivity index (χ4n) is 4.60. The van der Waals surface area contributed by atoms with Crippen LogP contribution in [0, 0.1) is 24.1 Å². The van der Waals surface area contributed by atoms with Gasteiger partial charge >= 0.3 is 0 Å². The van der Waals surface area contributed by atoms with Gasteiger partial charge in [0.2, 0.25) is 0 Å². The summed E-state index contributed by atoms with van der Waals surface area (Å²) < 4.78 is 16.3. The Morgan fingerprint density at radius 3 is 2.47 bits per heavy atom. The van der Waals surface area contributed by atoms with Crippen molar-refractivity contribution in [3.8, 4) is 6.07 Å². The highest BCUT2D eigenvalue weighted by Crippen LogP contribution is 2.36. The molecule has 0 bridgehead atoms. The molecule has 1 aromatic heterocycles. The molecular weight excluding hydrogens is 497 g/mol. The molecule has 2 aliphatic rings. The number of benzene rings is 1. The summed E-state index contributed by atoms with van der Waals surface area (Å²) in [6, 6.07) is 8.72. The van der Waals surface area contributed by atoms with Crippen LogP contribution < -0.4 is 15.4 Å². The van der Waals surface area contributed by atoms with Crippen LogP contribution in [0.25, 0.3) is 6.08 Å². The Kier molecular flexibility index (Phi) is 7.81. The Morgan fingerprint density at radius 1 is 1.17 bits per heavy atom. The number of piperazine rings is 1. The fraction of sp³-hybridized carbons (Fsp3) is 0.385. The van der Waals surface area contributed by atoms with Gasteiger partial charge in [-0.05, 0) is 37.1 Å². The smallest absolute Gasteiger partial charge is 0.270 e. The van der Waals surface area contributed by atoms with Crippen molar-refractivity contribution >= 4 is 51.8 Å². The first-order chi connectivity index (χ1) is 17.3. The minimum Gasteiger partial charge on any atom is -0.366 e. The second-order valence-corrected chi connectivity index (χ2v) is 10.5. The fourth-order valence-corrected chi connectivity index (χ4v) is 5.89. The van der Waals surface area contributed by atoms with E-state index in [4.69, 9.17) is 12.2 Å². The second-order valence-electron chi connectivity index (χ2n) is 8.83. The lowest BCUT2D eigenvalue weighted by Crippen LogP contribution is -2.48. The van der Waals surface area contributed by atoms with Crippen molar-refractivity contribution in [3.63, 3.8) is 0 Å². The number of carbonyl (C=O) groups is 1. The molecule has 0 radical (unpaired) electrons. The number of anilines is 2. The van der Waals surface area contributed by atoms with Crippen LogP contribution >= 0.6 is 24.0 Å². The molecule has 0 aliphatic carbocycles. The van der Waals surface area contributed by atoms with Gasteiger partial charge in [-0.15, -0.1) is 0 Å². The van der Waals surface area contributed by atoms with Crippen LogP contribution in [0.15, 0.2) is 34.0 Å². The first-order valence-electron chi connectivity index (χ1n) is 11.9. The van der Waals surface area contributed by atoms with Gasteiger partial charge in [-0.25, -0.2) is 4.39 Å². The van der Waals surface area contributed by atoms with E-state index in [2.05, 4.69) is 11.8 Å². The normalized spacial score (nSPS) is 17.3. The third kappa shape index (κ3) is 4.77. The van der Waals surface area contributed by atoms with Crippen molar-refractivity contribution < 1.29 is 9.18 Å². The molecule has 4 rings (SSSR count). The first kappa shape index (κ1) is 25.9. The number of hydrogen-bond donors (Lipinski definition) is 0. The topological polar surface area (TPSA) is 72.6 Å². The lowest BCUT2D eigenvalue weighted by Gasteiger charge is -2.38. The number of thiocarbonyl (C=S) groups is 1. The molecule has 2 saturated heterocycles. The molecule has 188 valence electrons. The minimum atomic E-state index is -0.380. The second kappa shape index (κ2) is 10.8. The molecule has 0 saturated carbocycles. The van der Waals surface area contributed by atoms with E-state index in [0.29, 0.717) is 64.6 Å². The summed E-state index contributed by atoms with van der Waals surface area (Å²) in [5.41, 5.74) is 1.42. The Labute approximate surface area is 219 Å². The summed E-state index contributed by atoms with van der Waals surface area (Å²) in [6.07, 6.45) is 3.57. The standard InChI is InChI=1S/C26H28FN5O2S2/c1-4-5-10-32-25(34)22(36-26(32)35)15-18-17(2)19(16-28)24(33)29(3)23(18)31-13-11-30(12-14-31)21-9-7-6-8-20(21)27/h6-9,15H,4-5,10-14H2,1-3H3. The summed E-state index contributed by atoms with van der Waals surface area (Å²) in [5, 5.41) is 9.69. The highest BCUT2D eigenvalue weighted by molar-refractivity contribution is 8.26. The van der Waals surface area contributed by atoms with Gasteiger partial charge < -0.3 is 9.80 Å². The molecule has 3 heterocycles. The van der Waals surface area contributed by atoms with Gasteiger partial charge in [0, 0.05) is 45.3 Å². The summed E-state index contributed by atoms with van der Waals surface area (Å²) in [7, 11) is 1.64. The predicted octanol–water partition coefficient (Wildman–Crippen LogP) is 4.03. The molecule has 1 amide bonds. The van der Waals surface area contributed by atoms with Crippen LogP contribution in [0.1, 0.15) is 36.5 Å². The zero-order chi connectivity index (χ0) is 26.0. The van der Waals surface area contributed by atoms with E-state index < -0.39 is 0 Å². The van der Waals surface area contributed by atoms with E-state index >= 15 is 0 Å². The Morgan fingerprint density at radius 2 is 1.83 bits per heavy atom. The molecule has 0 unspecified atom stereocenters. The molecule has 1 aromatic carbocycles. The molecule has 2 aromatic rings. The van der Waals surface area contributed by atoms with E-state index in [1.54, 1.807) is 37.1 Å². The Balaban J connectivity index is 1.72. The molecule has 2 aliphatic heterocycles. The average molecular weight is 526 g/mol. The van der Waals surface area contributed by atoms with E-state index in [0.717, 1.165) is 12.8 Å². The van der Waals surface area contributed by atoms with Crippen molar-refractivity contribution in [1.82, 2.24) is 9.47 Å². The predicted molar refractivity (Wildman–Crippen MR) is 147 cm³/mol. The largest absolute Gasteiger partial charge is 0.366 e. The number of unbranched alkanes of at least 4 members (excludes halogenated alkanes) is 1. The Bertz CT molecular complexity index is 1340. The van der Waals surface area contributed by atoms with Crippen molar-refractivity contribution in [2.45, 2.75) is 26.7 Å². The van der Waals surface area contributed by atoms with Crippen LogP contribution in [-0.4, -0.2) is 52.4 Å². The van der Waals surface area contributed by atoms with Gasteiger partial charge in [0.1, 0.15) is 27.6 Å². The van der Waals surface area contributed by atoms with Gasteiger partial charge in [0.05, 0.1) is 10.6 Å². The lowest BCUT2D eigenvalue weighted by molar-refractivity contribution is -0.122. The molecule has 0 N–H and O–H groups in total. The number of carbonyl (C=O) groups excluding carboxylic acids is 1. The number of nitriles is 1. The number of thioether (sulfide) groups is 1. The third-order valence-electron chi connectivity index (χ3n) is 6.62. The highest BCUT2D eigenvalue weighted by atomic mass is 32.2. The van der Waals surface area contributed by atoms with Crippen LogP contribution in [0.5, 0.6) is 0 Å². The number of amides is 1. The molecule has 2 fully saturated rings. The number of nitrogens with zero attached hydrogens (tertiary/aromatic N) is 5. The number of rotatable bonds is 6. The summed E-state index contributed by atoms with van der Waals surface area (Å²) in [5.74, 6) is 0.224. The molecular formula is C26H28FN5O2S2. The summed E-state index contributed by atoms with van der Waals surface area (Å²) in [6.45, 7) is 6.58. The van der Waals surface area contributed by atoms with Gasteiger partial charge in [-0.2, -0.15) is 5.26 Å². The van der Waals surface area contributed by atoms with Crippen LogP contribution in [0.2, 0.25) is 0 Å². The van der Waals surface area contributed by atoms with Crippen molar-refractivity contribution in [3.05, 3.63) is 62.0 Å². The SMILES string of the molecule is CCCCN1C(=O)C(=Cc2c(C)c(C#N)c(=O)n(C)c2N2CCN(c3ccccc3F)CC2)SC1=S. The lowest BCUT2D eigenvalue weighted by atomic mass is 10.0. The van der Waals surface area contributed by atoms with Crippen molar-refractivity contribution in [1.29, 1.82) is 5.26 Å². The van der Waals surface area contributed by atoms with Crippen molar-refractivity contribution in [2.24, 2.45) is 7.05 Å². The minimum absolute atomic E-state index is 0.0546. The average Bonchev–Trinajstić information content (AvgIpc) is 3.14. The highest BCUT2D eigenvalue weighted by Gasteiger charge is 2.33. The van der Waals surface area contributed by atoms with E-state index in [1.807, 2.05) is 17.0 Å².